The van der Waals surface area contributed by atoms with E-state index in [9.17, 15) is 13.2 Å². The summed E-state index contributed by atoms with van der Waals surface area (Å²) >= 11 is 0. The number of carbonyl (C=O) groups excluding carboxylic acids is 1. The number of pyridine rings is 1. The third-order valence-corrected chi connectivity index (χ3v) is 5.35. The maximum Gasteiger partial charge on any atom is 0.232 e. The molecule has 0 bridgehead atoms. The minimum atomic E-state index is -3.54. The van der Waals surface area contributed by atoms with E-state index in [1.165, 1.54) is 4.31 Å². The highest BCUT2D eigenvalue weighted by molar-refractivity contribution is 7.92. The Balaban J connectivity index is 1.84. The molecule has 1 fully saturated rings. The number of carbonyl (C=O) groups is 1. The van der Waals surface area contributed by atoms with Crippen LogP contribution in [-0.4, -0.2) is 63.3 Å². The number of hydrogen-bond donors (Lipinski definition) is 0. The van der Waals surface area contributed by atoms with Crippen LogP contribution in [-0.2, 0) is 19.6 Å². The number of ether oxygens (including phenoxy) is 1. The third kappa shape index (κ3) is 4.08. The Kier molecular flexibility index (Phi) is 5.19. The van der Waals surface area contributed by atoms with Crippen molar-refractivity contribution < 1.29 is 17.9 Å². The monoisotopic (exact) mass is 363 g/mol. The second-order valence-electron chi connectivity index (χ2n) is 5.93. The van der Waals surface area contributed by atoms with Crippen LogP contribution in [0.15, 0.2) is 36.5 Å². The second-order valence-corrected chi connectivity index (χ2v) is 7.84. The molecular formula is C17H21N3O4S. The summed E-state index contributed by atoms with van der Waals surface area (Å²) in [5, 5.41) is 0.855. The van der Waals surface area contributed by atoms with Crippen molar-refractivity contribution in [2.24, 2.45) is 0 Å². The summed E-state index contributed by atoms with van der Waals surface area (Å²) in [5.74, 6) is -0.0647. The molecule has 1 saturated heterocycles. The summed E-state index contributed by atoms with van der Waals surface area (Å²) in [4.78, 5) is 18.4. The van der Waals surface area contributed by atoms with E-state index in [2.05, 4.69) is 4.98 Å². The van der Waals surface area contributed by atoms with E-state index in [4.69, 9.17) is 4.74 Å². The number of nitrogens with zero attached hydrogens (tertiary/aromatic N) is 3. The van der Waals surface area contributed by atoms with Crippen LogP contribution in [0.1, 0.15) is 6.42 Å². The van der Waals surface area contributed by atoms with Crippen LogP contribution in [0, 0.1) is 0 Å². The summed E-state index contributed by atoms with van der Waals surface area (Å²) in [6.45, 7) is 2.23. The first-order valence-corrected chi connectivity index (χ1v) is 9.98. The van der Waals surface area contributed by atoms with Gasteiger partial charge in [-0.15, -0.1) is 0 Å². The first-order valence-electron chi connectivity index (χ1n) is 8.14. The molecule has 1 aromatic carbocycles. The molecule has 8 heteroatoms. The highest BCUT2D eigenvalue weighted by Crippen LogP contribution is 2.26. The molecule has 1 aromatic heterocycles. The molecule has 1 aliphatic rings. The first-order chi connectivity index (χ1) is 12.0. The number of fused-ring (bicyclic) bond motifs is 1. The van der Waals surface area contributed by atoms with Crippen LogP contribution < -0.4 is 4.31 Å². The summed E-state index contributed by atoms with van der Waals surface area (Å²) < 4.78 is 31.1. The Morgan fingerprint density at radius 3 is 2.68 bits per heavy atom. The van der Waals surface area contributed by atoms with Gasteiger partial charge >= 0.3 is 0 Å². The molecule has 7 nitrogen and oxygen atoms in total. The van der Waals surface area contributed by atoms with E-state index in [1.54, 1.807) is 29.3 Å². The Morgan fingerprint density at radius 2 is 1.96 bits per heavy atom. The van der Waals surface area contributed by atoms with E-state index >= 15 is 0 Å². The van der Waals surface area contributed by atoms with Gasteiger partial charge in [0, 0.05) is 37.6 Å². The minimum Gasteiger partial charge on any atom is -0.378 e. The molecule has 2 heterocycles. The molecule has 3 rings (SSSR count). The van der Waals surface area contributed by atoms with Crippen molar-refractivity contribution in [1.29, 1.82) is 0 Å². The number of amides is 1. The van der Waals surface area contributed by atoms with Crippen LogP contribution in [0.4, 0.5) is 5.69 Å². The topological polar surface area (TPSA) is 79.8 Å². The minimum absolute atomic E-state index is 0.0647. The number of morpholine rings is 1. The lowest BCUT2D eigenvalue weighted by Crippen LogP contribution is -2.42. The summed E-state index contributed by atoms with van der Waals surface area (Å²) in [6.07, 6.45) is 2.90. The fourth-order valence-corrected chi connectivity index (χ4v) is 3.85. The molecule has 0 aliphatic carbocycles. The van der Waals surface area contributed by atoms with Crippen LogP contribution in [0.25, 0.3) is 10.9 Å². The highest BCUT2D eigenvalue weighted by atomic mass is 32.2. The van der Waals surface area contributed by atoms with E-state index in [-0.39, 0.29) is 18.9 Å². The van der Waals surface area contributed by atoms with Gasteiger partial charge in [0.1, 0.15) is 0 Å². The predicted molar refractivity (Wildman–Crippen MR) is 95.9 cm³/mol. The smallest absolute Gasteiger partial charge is 0.232 e. The average Bonchev–Trinajstić information content (AvgIpc) is 2.61. The number of rotatable bonds is 5. The van der Waals surface area contributed by atoms with Crippen molar-refractivity contribution in [3.63, 3.8) is 0 Å². The maximum absolute atomic E-state index is 12.4. The largest absolute Gasteiger partial charge is 0.378 e. The van der Waals surface area contributed by atoms with Crippen molar-refractivity contribution in [2.45, 2.75) is 6.42 Å². The van der Waals surface area contributed by atoms with Crippen LogP contribution in [0.3, 0.4) is 0 Å². The molecule has 0 saturated carbocycles. The van der Waals surface area contributed by atoms with E-state index in [1.807, 2.05) is 12.1 Å². The summed E-state index contributed by atoms with van der Waals surface area (Å²) in [7, 11) is -3.54. The first kappa shape index (κ1) is 17.6. The highest BCUT2D eigenvalue weighted by Gasteiger charge is 2.23. The lowest BCUT2D eigenvalue weighted by Gasteiger charge is -2.28. The third-order valence-electron chi connectivity index (χ3n) is 4.17. The van der Waals surface area contributed by atoms with E-state index in [0.29, 0.717) is 37.5 Å². The normalized spacial score (nSPS) is 15.3. The molecule has 1 aliphatic heterocycles. The number of hydrogen-bond acceptors (Lipinski definition) is 5. The molecule has 134 valence electrons. The Morgan fingerprint density at radius 1 is 1.24 bits per heavy atom. The quantitative estimate of drug-likeness (QED) is 0.799. The van der Waals surface area contributed by atoms with Gasteiger partial charge in [-0.05, 0) is 12.1 Å². The predicted octanol–water partition coefficient (Wildman–Crippen LogP) is 1.25. The fraction of sp³-hybridized carbons (Fsp3) is 0.412. The SMILES string of the molecule is CS(=O)(=O)N(CCC(=O)N1CCOCC1)c1cccc2cccnc12. The molecule has 1 amide bonds. The van der Waals surface area contributed by atoms with Gasteiger partial charge in [-0.3, -0.25) is 14.1 Å². The zero-order valence-corrected chi connectivity index (χ0v) is 14.9. The van der Waals surface area contributed by atoms with Crippen molar-refractivity contribution in [1.82, 2.24) is 9.88 Å². The number of benzene rings is 1. The van der Waals surface area contributed by atoms with Crippen LogP contribution >= 0.6 is 0 Å². The standard InChI is InChI=1S/C17H21N3O4S/c1-25(22,23)20(9-7-16(21)19-10-12-24-13-11-19)15-6-2-4-14-5-3-8-18-17(14)15/h2-6,8H,7,9-13H2,1H3. The van der Waals surface area contributed by atoms with Crippen molar-refractivity contribution in [2.75, 3.05) is 43.4 Å². The molecule has 0 spiro atoms. The molecule has 25 heavy (non-hydrogen) atoms. The number of sulfonamides is 1. The molecule has 0 N–H and O–H groups in total. The van der Waals surface area contributed by atoms with Gasteiger partial charge in [0.05, 0.1) is 30.7 Å². The fourth-order valence-electron chi connectivity index (χ4n) is 2.92. The average molecular weight is 363 g/mol. The molecule has 0 radical (unpaired) electrons. The number of para-hydroxylation sites is 1. The van der Waals surface area contributed by atoms with Gasteiger partial charge in [-0.25, -0.2) is 8.42 Å². The Bertz CT molecular complexity index is 858. The van der Waals surface area contributed by atoms with Gasteiger partial charge in [0.2, 0.25) is 15.9 Å². The maximum atomic E-state index is 12.4. The summed E-state index contributed by atoms with van der Waals surface area (Å²) in [6, 6.07) is 9.08. The van der Waals surface area contributed by atoms with Gasteiger partial charge in [-0.1, -0.05) is 18.2 Å². The van der Waals surface area contributed by atoms with E-state index < -0.39 is 10.0 Å². The van der Waals surface area contributed by atoms with Crippen molar-refractivity contribution in [3.05, 3.63) is 36.5 Å². The Labute approximate surface area is 147 Å². The van der Waals surface area contributed by atoms with Gasteiger partial charge in [0.15, 0.2) is 0 Å². The number of aromatic nitrogens is 1. The van der Waals surface area contributed by atoms with Crippen molar-refractivity contribution >= 4 is 32.5 Å². The zero-order chi connectivity index (χ0) is 17.9. The van der Waals surface area contributed by atoms with Crippen LogP contribution in [0.2, 0.25) is 0 Å². The van der Waals surface area contributed by atoms with Gasteiger partial charge in [-0.2, -0.15) is 0 Å². The van der Waals surface area contributed by atoms with Crippen LogP contribution in [0.5, 0.6) is 0 Å². The molecule has 2 aromatic rings. The van der Waals surface area contributed by atoms with Crippen molar-refractivity contribution in [3.8, 4) is 0 Å². The lowest BCUT2D eigenvalue weighted by atomic mass is 10.2. The number of anilines is 1. The summed E-state index contributed by atoms with van der Waals surface area (Å²) in [5.41, 5.74) is 1.10. The molecule has 0 atom stereocenters. The molecular weight excluding hydrogens is 342 g/mol. The zero-order valence-electron chi connectivity index (χ0n) is 14.1. The second kappa shape index (κ2) is 7.37. The van der Waals surface area contributed by atoms with Gasteiger partial charge in [0.25, 0.3) is 0 Å². The van der Waals surface area contributed by atoms with E-state index in [0.717, 1.165) is 11.6 Å². The lowest BCUT2D eigenvalue weighted by molar-refractivity contribution is -0.134. The molecule has 0 unspecified atom stereocenters. The van der Waals surface area contributed by atoms with Gasteiger partial charge < -0.3 is 9.64 Å². The Hall–Kier alpha value is -2.19.